The second kappa shape index (κ2) is 9.13. The van der Waals surface area contributed by atoms with Crippen LogP contribution < -0.4 is 0 Å². The van der Waals surface area contributed by atoms with Gasteiger partial charge in [-0.2, -0.15) is 0 Å². The van der Waals surface area contributed by atoms with Crippen molar-refractivity contribution in [2.75, 3.05) is 6.61 Å². The van der Waals surface area contributed by atoms with Gasteiger partial charge in [-0.15, -0.1) is 0 Å². The molecule has 0 amide bonds. The van der Waals surface area contributed by atoms with Crippen molar-refractivity contribution in [2.45, 2.75) is 128 Å². The lowest BCUT2D eigenvalue weighted by Gasteiger charge is -2.71. The minimum absolute atomic E-state index is 0.0259. The standard InChI is InChI=1S/C29H48O7/c1-7-17(2)18(3)10-13-36-24-14-22-25(5)11-8-20(31)15-28(25,34)23(32)16-27(22,33)29(35)12-9-21(19(4)30)26(24,29)6/h7,18,20-24,31-35H,8-16H2,1-6H3/b17-7+/t18-,20+,21-,22-,23-,24-,25-,26+,27+,28+,29-/m1/s1. The van der Waals surface area contributed by atoms with Crippen LogP contribution in [0.1, 0.15) is 92.9 Å². The van der Waals surface area contributed by atoms with Crippen LogP contribution in [0.3, 0.4) is 0 Å². The normalized spacial score (nSPS) is 51.8. The van der Waals surface area contributed by atoms with E-state index < -0.39 is 57.8 Å². The molecule has 0 heterocycles. The molecule has 0 unspecified atom stereocenters. The number of carbonyl (C=O) groups excluding carboxylic acids is 1. The van der Waals surface area contributed by atoms with Crippen molar-refractivity contribution in [3.63, 3.8) is 0 Å². The number of carbonyl (C=O) groups is 1. The maximum Gasteiger partial charge on any atom is 0.133 e. The molecule has 4 fully saturated rings. The fourth-order valence-electron chi connectivity index (χ4n) is 9.02. The third-order valence-corrected chi connectivity index (χ3v) is 11.8. The van der Waals surface area contributed by atoms with Gasteiger partial charge in [0.1, 0.15) is 17.0 Å². The summed E-state index contributed by atoms with van der Waals surface area (Å²) >= 11 is 0. The smallest absolute Gasteiger partial charge is 0.133 e. The number of ether oxygens (including phenoxy) is 1. The van der Waals surface area contributed by atoms with Crippen molar-refractivity contribution in [2.24, 2.45) is 28.6 Å². The summed E-state index contributed by atoms with van der Waals surface area (Å²) in [5, 5.41) is 58.3. The van der Waals surface area contributed by atoms with Gasteiger partial charge in [0.2, 0.25) is 0 Å². The van der Waals surface area contributed by atoms with Crippen molar-refractivity contribution in [1.29, 1.82) is 0 Å². The van der Waals surface area contributed by atoms with E-state index in [0.29, 0.717) is 38.2 Å². The molecule has 4 aliphatic carbocycles. The van der Waals surface area contributed by atoms with Gasteiger partial charge in [0.05, 0.1) is 23.9 Å². The van der Waals surface area contributed by atoms with Crippen molar-refractivity contribution in [3.05, 3.63) is 11.6 Å². The highest BCUT2D eigenvalue weighted by molar-refractivity contribution is 5.80. The lowest BCUT2D eigenvalue weighted by Crippen LogP contribution is -2.81. The van der Waals surface area contributed by atoms with Gasteiger partial charge in [-0.3, -0.25) is 4.79 Å². The second-order valence-electron chi connectivity index (χ2n) is 13.1. The Morgan fingerprint density at radius 3 is 2.33 bits per heavy atom. The second-order valence-corrected chi connectivity index (χ2v) is 13.1. The van der Waals surface area contributed by atoms with Crippen LogP contribution in [0.15, 0.2) is 11.6 Å². The minimum atomic E-state index is -1.69. The highest BCUT2D eigenvalue weighted by Gasteiger charge is 2.80. The molecule has 5 N–H and O–H groups in total. The van der Waals surface area contributed by atoms with E-state index in [9.17, 15) is 30.3 Å². The summed E-state index contributed by atoms with van der Waals surface area (Å²) in [6, 6.07) is 0. The van der Waals surface area contributed by atoms with Crippen LogP contribution in [-0.2, 0) is 9.53 Å². The molecular weight excluding hydrogens is 460 g/mol. The summed E-state index contributed by atoms with van der Waals surface area (Å²) in [5.41, 5.74) is -5.60. The largest absolute Gasteiger partial charge is 0.393 e. The zero-order chi connectivity index (χ0) is 26.9. The SMILES string of the molecule is C/C=C(\C)[C@H](C)CCO[C@@H]1C[C@@H]2[C@@]3(C)CC[C@H](O)C[C@]3(O)[C@H](O)C[C@@]2(O)[C@@]2(O)CC[C@H](C(C)=O)[C@@]12C. The Hall–Kier alpha value is -0.830. The Bertz CT molecular complexity index is 904. The first kappa shape index (κ1) is 28.2. The highest BCUT2D eigenvalue weighted by atomic mass is 16.5. The zero-order valence-electron chi connectivity index (χ0n) is 23.0. The molecular formula is C29H48O7. The number of hydrogen-bond acceptors (Lipinski definition) is 7. The fourth-order valence-corrected chi connectivity index (χ4v) is 9.02. The van der Waals surface area contributed by atoms with Crippen molar-refractivity contribution in [1.82, 2.24) is 0 Å². The third-order valence-electron chi connectivity index (χ3n) is 11.8. The van der Waals surface area contributed by atoms with Gasteiger partial charge in [-0.05, 0) is 65.2 Å². The molecule has 36 heavy (non-hydrogen) atoms. The van der Waals surface area contributed by atoms with E-state index in [-0.39, 0.29) is 25.0 Å². The summed E-state index contributed by atoms with van der Waals surface area (Å²) in [4.78, 5) is 12.8. The summed E-state index contributed by atoms with van der Waals surface area (Å²) < 4.78 is 6.57. The van der Waals surface area contributed by atoms with Gasteiger partial charge >= 0.3 is 0 Å². The zero-order valence-corrected chi connectivity index (χ0v) is 23.0. The number of ketones is 1. The van der Waals surface area contributed by atoms with Crippen molar-refractivity contribution < 1.29 is 35.1 Å². The average Bonchev–Trinajstić information content (AvgIpc) is 3.10. The monoisotopic (exact) mass is 508 g/mol. The van der Waals surface area contributed by atoms with E-state index in [1.807, 2.05) is 20.8 Å². The molecule has 0 aromatic carbocycles. The predicted octanol–water partition coefficient (Wildman–Crippen LogP) is 2.90. The highest BCUT2D eigenvalue weighted by Crippen LogP contribution is 2.71. The number of allylic oxidation sites excluding steroid dienone is 2. The van der Waals surface area contributed by atoms with E-state index in [1.54, 1.807) is 6.92 Å². The first-order chi connectivity index (χ1) is 16.6. The molecule has 0 aliphatic heterocycles. The number of Topliss-reactive ketones (excluding diaryl/α,β-unsaturated/α-hetero) is 1. The van der Waals surface area contributed by atoms with Gasteiger partial charge in [0, 0.05) is 42.1 Å². The minimum Gasteiger partial charge on any atom is -0.393 e. The molecule has 4 rings (SSSR count). The van der Waals surface area contributed by atoms with Gasteiger partial charge in [0.15, 0.2) is 0 Å². The molecule has 0 bridgehead atoms. The molecule has 11 atom stereocenters. The third kappa shape index (κ3) is 3.56. The van der Waals surface area contributed by atoms with Crippen LogP contribution in [0, 0.1) is 28.6 Å². The summed E-state index contributed by atoms with van der Waals surface area (Å²) in [7, 11) is 0. The molecule has 7 heteroatoms. The first-order valence-electron chi connectivity index (χ1n) is 13.9. The average molecular weight is 509 g/mol. The van der Waals surface area contributed by atoms with E-state index in [0.717, 1.165) is 6.42 Å². The topological polar surface area (TPSA) is 127 Å². The van der Waals surface area contributed by atoms with Crippen LogP contribution in [0.4, 0.5) is 0 Å². The molecule has 0 aromatic heterocycles. The molecule has 4 aliphatic rings. The molecule has 0 saturated heterocycles. The fraction of sp³-hybridized carbons (Fsp3) is 0.897. The first-order valence-corrected chi connectivity index (χ1v) is 13.9. The number of aliphatic hydroxyl groups excluding tert-OH is 2. The maximum absolute atomic E-state index is 12.8. The van der Waals surface area contributed by atoms with E-state index in [4.69, 9.17) is 4.74 Å². The van der Waals surface area contributed by atoms with E-state index in [1.165, 1.54) is 5.57 Å². The Labute approximate surface area is 215 Å². The van der Waals surface area contributed by atoms with Crippen LogP contribution in [0.5, 0.6) is 0 Å². The van der Waals surface area contributed by atoms with Gasteiger partial charge in [-0.1, -0.05) is 32.4 Å². The molecule has 7 nitrogen and oxygen atoms in total. The van der Waals surface area contributed by atoms with Gasteiger partial charge in [0.25, 0.3) is 0 Å². The van der Waals surface area contributed by atoms with Gasteiger partial charge in [-0.25, -0.2) is 0 Å². The quantitative estimate of drug-likeness (QED) is 0.349. The van der Waals surface area contributed by atoms with Crippen LogP contribution in [-0.4, -0.2) is 73.0 Å². The number of fused-ring (bicyclic) bond motifs is 5. The number of aliphatic hydroxyl groups is 5. The number of hydrogen-bond donors (Lipinski definition) is 5. The van der Waals surface area contributed by atoms with Crippen molar-refractivity contribution in [3.8, 4) is 0 Å². The van der Waals surface area contributed by atoms with E-state index in [2.05, 4.69) is 19.9 Å². The van der Waals surface area contributed by atoms with Crippen LogP contribution in [0.2, 0.25) is 0 Å². The molecule has 206 valence electrons. The number of rotatable bonds is 6. The molecule has 0 spiro atoms. The Kier molecular flexibility index (Phi) is 7.15. The predicted molar refractivity (Wildman–Crippen MR) is 136 cm³/mol. The lowest BCUT2D eigenvalue weighted by atomic mass is 9.39. The summed E-state index contributed by atoms with van der Waals surface area (Å²) in [6.07, 6.45) is 2.14. The maximum atomic E-state index is 12.8. The Balaban J connectivity index is 1.76. The Morgan fingerprint density at radius 2 is 1.72 bits per heavy atom. The lowest BCUT2D eigenvalue weighted by molar-refractivity contribution is -0.362. The summed E-state index contributed by atoms with van der Waals surface area (Å²) in [6.45, 7) is 12.0. The van der Waals surface area contributed by atoms with E-state index >= 15 is 0 Å². The van der Waals surface area contributed by atoms with Crippen LogP contribution >= 0.6 is 0 Å². The molecule has 4 saturated carbocycles. The van der Waals surface area contributed by atoms with Crippen LogP contribution in [0.25, 0.3) is 0 Å². The summed E-state index contributed by atoms with van der Waals surface area (Å²) in [5.74, 6) is -0.718. The van der Waals surface area contributed by atoms with Gasteiger partial charge < -0.3 is 30.3 Å². The van der Waals surface area contributed by atoms with Crippen molar-refractivity contribution >= 4 is 5.78 Å². The Morgan fingerprint density at radius 1 is 1.06 bits per heavy atom. The molecule has 0 radical (unpaired) electrons. The molecule has 0 aromatic rings.